The van der Waals surface area contributed by atoms with Crippen molar-refractivity contribution in [3.8, 4) is 0 Å². The van der Waals surface area contributed by atoms with E-state index in [4.69, 9.17) is 4.74 Å². The molecule has 2 aliphatic heterocycles. The van der Waals surface area contributed by atoms with Crippen molar-refractivity contribution in [3.63, 3.8) is 0 Å². The van der Waals surface area contributed by atoms with E-state index in [9.17, 15) is 4.79 Å². The number of nitrogens with one attached hydrogen (secondary N) is 1. The van der Waals surface area contributed by atoms with Crippen molar-refractivity contribution in [1.82, 2.24) is 15.2 Å². The predicted molar refractivity (Wildman–Crippen MR) is 89.3 cm³/mol. The van der Waals surface area contributed by atoms with Gasteiger partial charge < -0.3 is 15.0 Å². The Labute approximate surface area is 138 Å². The molecule has 5 heteroatoms. The van der Waals surface area contributed by atoms with Gasteiger partial charge in [0.15, 0.2) is 0 Å². The van der Waals surface area contributed by atoms with Gasteiger partial charge in [-0.2, -0.15) is 0 Å². The van der Waals surface area contributed by atoms with Gasteiger partial charge in [0, 0.05) is 56.6 Å². The number of carbonyl (C=O) groups is 1. The fraction of sp³-hybridized carbons (Fsp3) is 0.667. The molecule has 1 aromatic heterocycles. The first-order chi connectivity index (χ1) is 11.1. The zero-order valence-corrected chi connectivity index (χ0v) is 14.1. The Balaban J connectivity index is 1.50. The van der Waals surface area contributed by atoms with E-state index in [-0.39, 0.29) is 6.03 Å². The number of amides is 2. The van der Waals surface area contributed by atoms with Gasteiger partial charge in [-0.15, -0.1) is 0 Å². The monoisotopic (exact) mass is 317 g/mol. The second-order valence-electron chi connectivity index (χ2n) is 7.29. The van der Waals surface area contributed by atoms with Crippen molar-refractivity contribution in [2.75, 3.05) is 32.8 Å². The largest absolute Gasteiger partial charge is 0.381 e. The lowest BCUT2D eigenvalue weighted by Crippen LogP contribution is -2.62. The minimum Gasteiger partial charge on any atom is -0.381 e. The number of urea groups is 1. The third kappa shape index (κ3) is 3.66. The number of ether oxygens (including phenoxy) is 1. The quantitative estimate of drug-likeness (QED) is 0.929. The summed E-state index contributed by atoms with van der Waals surface area (Å²) in [6.07, 6.45) is 5.85. The predicted octanol–water partition coefficient (Wildman–Crippen LogP) is 2.64. The van der Waals surface area contributed by atoms with Crippen molar-refractivity contribution in [2.45, 2.75) is 32.6 Å². The summed E-state index contributed by atoms with van der Waals surface area (Å²) in [7, 11) is 0. The van der Waals surface area contributed by atoms with Crippen molar-refractivity contribution >= 4 is 6.03 Å². The van der Waals surface area contributed by atoms with Crippen molar-refractivity contribution in [3.05, 3.63) is 30.1 Å². The summed E-state index contributed by atoms with van der Waals surface area (Å²) in [5.74, 6) is 0.753. The second-order valence-corrected chi connectivity index (χ2v) is 7.29. The number of nitrogens with zero attached hydrogens (tertiary/aromatic N) is 2. The van der Waals surface area contributed by atoms with Crippen LogP contribution in [0.25, 0.3) is 0 Å². The number of aromatic nitrogens is 1. The first-order valence-corrected chi connectivity index (χ1v) is 8.60. The smallest absolute Gasteiger partial charge is 0.317 e. The van der Waals surface area contributed by atoms with E-state index >= 15 is 0 Å². The Bertz CT molecular complexity index is 518. The van der Waals surface area contributed by atoms with Gasteiger partial charge >= 0.3 is 6.03 Å². The van der Waals surface area contributed by atoms with E-state index < -0.39 is 0 Å². The van der Waals surface area contributed by atoms with E-state index in [2.05, 4.69) is 30.2 Å². The number of pyridine rings is 1. The van der Waals surface area contributed by atoms with Gasteiger partial charge in [0.1, 0.15) is 0 Å². The first-order valence-electron chi connectivity index (χ1n) is 8.60. The van der Waals surface area contributed by atoms with Crippen LogP contribution in [0.2, 0.25) is 0 Å². The molecule has 23 heavy (non-hydrogen) atoms. The van der Waals surface area contributed by atoms with E-state index in [0.717, 1.165) is 39.1 Å². The molecular weight excluding hydrogens is 290 g/mol. The fourth-order valence-electron chi connectivity index (χ4n) is 3.67. The lowest BCUT2D eigenvalue weighted by Gasteiger charge is -2.52. The summed E-state index contributed by atoms with van der Waals surface area (Å²) < 4.78 is 5.43. The molecule has 1 aromatic rings. The topological polar surface area (TPSA) is 54.5 Å². The van der Waals surface area contributed by atoms with Gasteiger partial charge in [-0.1, -0.05) is 19.9 Å². The molecule has 126 valence electrons. The minimum absolute atomic E-state index is 0.0663. The third-order valence-electron chi connectivity index (χ3n) is 5.28. The highest BCUT2D eigenvalue weighted by atomic mass is 16.5. The van der Waals surface area contributed by atoms with Gasteiger partial charge in [0.05, 0.1) is 0 Å². The molecule has 2 amide bonds. The average molecular weight is 317 g/mol. The SMILES string of the molecule is CC(C)[C@H](CNC(=O)N1CC2(CCOCC2)C1)c1cccnc1. The summed E-state index contributed by atoms with van der Waals surface area (Å²) in [4.78, 5) is 18.5. The van der Waals surface area contributed by atoms with Crippen molar-refractivity contribution in [2.24, 2.45) is 11.3 Å². The average Bonchev–Trinajstić information content (AvgIpc) is 2.54. The molecule has 3 rings (SSSR count). The maximum atomic E-state index is 12.4. The third-order valence-corrected chi connectivity index (χ3v) is 5.28. The summed E-state index contributed by atoms with van der Waals surface area (Å²) in [5, 5.41) is 3.11. The molecule has 3 heterocycles. The molecule has 1 N–H and O–H groups in total. The highest BCUT2D eigenvalue weighted by Crippen LogP contribution is 2.39. The molecule has 1 atom stereocenters. The van der Waals surface area contributed by atoms with E-state index in [1.54, 1.807) is 6.20 Å². The molecule has 0 radical (unpaired) electrons. The molecule has 0 aromatic carbocycles. The van der Waals surface area contributed by atoms with E-state index in [1.807, 2.05) is 17.2 Å². The molecule has 2 fully saturated rings. The Kier molecular flexibility index (Phi) is 4.85. The van der Waals surface area contributed by atoms with Crippen LogP contribution in [0.15, 0.2) is 24.5 Å². The molecule has 2 saturated heterocycles. The normalized spacial score (nSPS) is 21.1. The van der Waals surface area contributed by atoms with Gasteiger partial charge in [-0.05, 0) is 30.4 Å². The summed E-state index contributed by atoms with van der Waals surface area (Å²) in [5.41, 5.74) is 1.52. The zero-order chi connectivity index (χ0) is 16.3. The Hall–Kier alpha value is -1.62. The van der Waals surface area contributed by atoms with Crippen LogP contribution < -0.4 is 5.32 Å². The van der Waals surface area contributed by atoms with Gasteiger partial charge in [-0.3, -0.25) is 4.98 Å². The second kappa shape index (κ2) is 6.87. The first kappa shape index (κ1) is 16.2. The van der Waals surface area contributed by atoms with Crippen LogP contribution >= 0.6 is 0 Å². The molecule has 1 spiro atoms. The van der Waals surface area contributed by atoms with Gasteiger partial charge in [0.25, 0.3) is 0 Å². The van der Waals surface area contributed by atoms with Crippen LogP contribution in [0.3, 0.4) is 0 Å². The molecular formula is C18H27N3O2. The maximum Gasteiger partial charge on any atom is 0.317 e. The number of carbonyl (C=O) groups excluding carboxylic acids is 1. The molecule has 0 aliphatic carbocycles. The van der Waals surface area contributed by atoms with Crippen LogP contribution in [-0.2, 0) is 4.74 Å². The zero-order valence-electron chi connectivity index (χ0n) is 14.1. The van der Waals surface area contributed by atoms with Gasteiger partial charge in [-0.25, -0.2) is 4.79 Å². The fourth-order valence-corrected chi connectivity index (χ4v) is 3.67. The molecule has 5 nitrogen and oxygen atoms in total. The maximum absolute atomic E-state index is 12.4. The van der Waals surface area contributed by atoms with E-state index in [1.165, 1.54) is 5.56 Å². The molecule has 0 unspecified atom stereocenters. The number of hydrogen-bond acceptors (Lipinski definition) is 3. The number of rotatable bonds is 4. The number of hydrogen-bond donors (Lipinski definition) is 1. The Morgan fingerprint density at radius 1 is 1.39 bits per heavy atom. The Morgan fingerprint density at radius 3 is 2.74 bits per heavy atom. The van der Waals surface area contributed by atoms with Crippen LogP contribution in [0.5, 0.6) is 0 Å². The lowest BCUT2D eigenvalue weighted by molar-refractivity contribution is -0.0616. The minimum atomic E-state index is 0.0663. The lowest BCUT2D eigenvalue weighted by atomic mass is 9.73. The number of likely N-dealkylation sites (tertiary alicyclic amines) is 1. The van der Waals surface area contributed by atoms with Crippen LogP contribution in [0.4, 0.5) is 4.79 Å². The summed E-state index contributed by atoms with van der Waals surface area (Å²) in [6.45, 7) is 8.46. The highest BCUT2D eigenvalue weighted by Gasteiger charge is 2.45. The van der Waals surface area contributed by atoms with Crippen LogP contribution in [0, 0.1) is 11.3 Å². The molecule has 0 saturated carbocycles. The van der Waals surface area contributed by atoms with E-state index in [0.29, 0.717) is 23.8 Å². The van der Waals surface area contributed by atoms with Crippen molar-refractivity contribution < 1.29 is 9.53 Å². The standard InChI is InChI=1S/C18H27N3O2/c1-14(2)16(15-4-3-7-19-10-15)11-20-17(22)21-12-18(13-21)5-8-23-9-6-18/h3-4,7,10,14,16H,5-6,8-9,11-13H2,1-2H3,(H,20,22)/t16-/m0/s1. The highest BCUT2D eigenvalue weighted by molar-refractivity contribution is 5.75. The molecule has 2 aliphatic rings. The molecule has 0 bridgehead atoms. The summed E-state index contributed by atoms with van der Waals surface area (Å²) >= 11 is 0. The van der Waals surface area contributed by atoms with Crippen LogP contribution in [-0.4, -0.2) is 48.8 Å². The van der Waals surface area contributed by atoms with Crippen molar-refractivity contribution in [1.29, 1.82) is 0 Å². The van der Waals surface area contributed by atoms with Gasteiger partial charge in [0.2, 0.25) is 0 Å². The summed E-state index contributed by atoms with van der Waals surface area (Å²) in [6, 6.07) is 4.11. The van der Waals surface area contributed by atoms with Crippen LogP contribution in [0.1, 0.15) is 38.2 Å². The Morgan fingerprint density at radius 2 is 2.13 bits per heavy atom.